The maximum atomic E-state index is 12.4. The number of unbranched alkanes of at least 4 members (excludes halogenated alkanes) is 21. The number of esters is 2. The highest BCUT2D eigenvalue weighted by Gasteiger charge is 2.36. The normalized spacial score (nSPS) is 16.5. The Morgan fingerprint density at radius 1 is 0.574 bits per heavy atom. The Morgan fingerprint density at radius 2 is 1.02 bits per heavy atom. The van der Waals surface area contributed by atoms with Crippen molar-refractivity contribution in [3.63, 3.8) is 0 Å². The van der Waals surface area contributed by atoms with Crippen molar-refractivity contribution in [3.8, 4) is 0 Å². The molecule has 1 saturated heterocycles. The highest BCUT2D eigenvalue weighted by atomic mass is 31.2. The molecule has 1 rings (SSSR count). The molecule has 2 N–H and O–H groups in total. The Balaban J connectivity index is 2.07. The molecule has 314 valence electrons. The van der Waals surface area contributed by atoms with Crippen LogP contribution in [0, 0.1) is 0 Å². The molecule has 2 unspecified atom stereocenters. The summed E-state index contributed by atoms with van der Waals surface area (Å²) in [7, 11) is -4.77. The number of phosphoric acid groups is 1. The van der Waals surface area contributed by atoms with Gasteiger partial charge in [-0.1, -0.05) is 172 Å². The molecule has 10 heteroatoms. The Bertz CT molecular complexity index is 1040. The molecule has 54 heavy (non-hydrogen) atoms. The topological polar surface area (TPSA) is 132 Å². The molecule has 9 nitrogen and oxygen atoms in total. The van der Waals surface area contributed by atoms with Crippen LogP contribution < -0.4 is 0 Å². The number of carbonyl (C=O) groups is 2. The summed E-state index contributed by atoms with van der Waals surface area (Å²) in [5.41, 5.74) is 0. The van der Waals surface area contributed by atoms with E-state index in [1.807, 2.05) is 6.08 Å². The number of carbonyl (C=O) groups excluding carboxylic acids is 2. The summed E-state index contributed by atoms with van der Waals surface area (Å²) in [6.45, 7) is 3.62. The van der Waals surface area contributed by atoms with Crippen molar-refractivity contribution in [3.05, 3.63) is 36.5 Å². The molecular weight excluding hydrogens is 703 g/mol. The molecule has 0 bridgehead atoms. The van der Waals surface area contributed by atoms with Gasteiger partial charge >= 0.3 is 19.8 Å². The van der Waals surface area contributed by atoms with E-state index in [1.165, 1.54) is 116 Å². The third-order valence-corrected chi connectivity index (χ3v) is 10.3. The second kappa shape index (κ2) is 35.6. The molecule has 0 aromatic heterocycles. The van der Waals surface area contributed by atoms with Gasteiger partial charge in [-0.15, -0.1) is 0 Å². The van der Waals surface area contributed by atoms with Crippen LogP contribution in [0.5, 0.6) is 0 Å². The van der Waals surface area contributed by atoms with Crippen LogP contribution in [0.4, 0.5) is 0 Å². The monoisotopic (exact) mass is 783 g/mol. The van der Waals surface area contributed by atoms with Gasteiger partial charge in [0.2, 0.25) is 0 Å². The minimum absolute atomic E-state index is 0.132. The number of ether oxygens (including phenoxy) is 3. The third kappa shape index (κ3) is 34.7. The molecular formula is C44H79O9P. The maximum absolute atomic E-state index is 12.4. The Labute approximate surface area is 329 Å². The first kappa shape index (κ1) is 50.2. The summed E-state index contributed by atoms with van der Waals surface area (Å²) in [6.07, 6.45) is 44.7. The highest BCUT2D eigenvalue weighted by molar-refractivity contribution is 7.46. The minimum atomic E-state index is -4.77. The van der Waals surface area contributed by atoms with Crippen molar-refractivity contribution in [1.82, 2.24) is 0 Å². The molecule has 0 amide bonds. The molecule has 0 aromatic rings. The van der Waals surface area contributed by atoms with Crippen LogP contribution in [-0.4, -0.2) is 53.3 Å². The fourth-order valence-electron chi connectivity index (χ4n) is 6.41. The molecule has 0 aromatic carbocycles. The lowest BCUT2D eigenvalue weighted by Gasteiger charge is -2.18. The van der Waals surface area contributed by atoms with E-state index >= 15 is 0 Å². The van der Waals surface area contributed by atoms with Gasteiger partial charge < -0.3 is 24.0 Å². The average Bonchev–Trinajstić information content (AvgIpc) is 3.90. The average molecular weight is 783 g/mol. The first-order valence-corrected chi connectivity index (χ1v) is 23.4. The summed E-state index contributed by atoms with van der Waals surface area (Å²) in [5, 5.41) is 0. The largest absolute Gasteiger partial charge is 0.469 e. The highest BCUT2D eigenvalue weighted by Crippen LogP contribution is 2.36. The first-order chi connectivity index (χ1) is 26.2. The molecule has 1 aliphatic rings. The lowest BCUT2D eigenvalue weighted by Crippen LogP contribution is -2.29. The number of phosphoric ester groups is 1. The van der Waals surface area contributed by atoms with Gasteiger partial charge in [0, 0.05) is 12.8 Å². The van der Waals surface area contributed by atoms with Crippen molar-refractivity contribution in [2.75, 3.05) is 13.2 Å². The van der Waals surface area contributed by atoms with Crippen LogP contribution in [0.3, 0.4) is 0 Å². The van der Waals surface area contributed by atoms with Crippen molar-refractivity contribution < 1.29 is 42.7 Å². The molecule has 0 aliphatic carbocycles. The van der Waals surface area contributed by atoms with Crippen molar-refractivity contribution in [1.29, 1.82) is 0 Å². The number of rotatable bonds is 39. The molecule has 3 atom stereocenters. The van der Waals surface area contributed by atoms with E-state index < -0.39 is 32.5 Å². The van der Waals surface area contributed by atoms with Gasteiger partial charge in [0.15, 0.2) is 6.10 Å². The third-order valence-electron chi connectivity index (χ3n) is 9.81. The van der Waals surface area contributed by atoms with E-state index in [2.05, 4.69) is 48.8 Å². The van der Waals surface area contributed by atoms with Crippen molar-refractivity contribution >= 4 is 19.8 Å². The second-order valence-corrected chi connectivity index (χ2v) is 16.3. The molecule has 1 heterocycles. The van der Waals surface area contributed by atoms with E-state index in [4.69, 9.17) is 24.0 Å². The maximum Gasteiger partial charge on any atom is 0.469 e. The summed E-state index contributed by atoms with van der Waals surface area (Å²) in [5.74, 6) is -0.949. The lowest BCUT2D eigenvalue weighted by molar-refractivity contribution is -0.161. The Kier molecular flexibility index (Phi) is 33.2. The number of hydrogen-bond donors (Lipinski definition) is 2. The Hall–Kier alpha value is -1.77. The van der Waals surface area contributed by atoms with E-state index in [0.717, 1.165) is 44.9 Å². The predicted octanol–water partition coefficient (Wildman–Crippen LogP) is 12.3. The van der Waals surface area contributed by atoms with Crippen molar-refractivity contribution in [2.24, 2.45) is 0 Å². The predicted molar refractivity (Wildman–Crippen MR) is 220 cm³/mol. The molecule has 0 radical (unpaired) electrons. The van der Waals surface area contributed by atoms with Crippen LogP contribution in [0.2, 0.25) is 0 Å². The van der Waals surface area contributed by atoms with Crippen LogP contribution in [-0.2, 0) is 32.9 Å². The fraction of sp³-hybridized carbons (Fsp3) is 0.818. The van der Waals surface area contributed by atoms with Gasteiger partial charge in [-0.05, 0) is 51.4 Å². The lowest BCUT2D eigenvalue weighted by atomic mass is 10.0. The molecule has 0 saturated carbocycles. The van der Waals surface area contributed by atoms with Gasteiger partial charge in [0.1, 0.15) is 6.61 Å². The summed E-state index contributed by atoms with van der Waals surface area (Å²) in [6, 6.07) is 0. The number of epoxide rings is 1. The van der Waals surface area contributed by atoms with Crippen molar-refractivity contribution in [2.45, 2.75) is 218 Å². The van der Waals surface area contributed by atoms with Gasteiger partial charge in [-0.25, -0.2) is 4.57 Å². The SMILES string of the molecule is CCCCC/C=C\CC1OC1C/C=C\C/C=C\CCCC(=O)O[C@H](COC(=O)CCCCCCCCCCCCCCCCCCCC)COP(=O)(O)O. The second-order valence-electron chi connectivity index (χ2n) is 15.1. The zero-order valence-corrected chi connectivity index (χ0v) is 35.2. The van der Waals surface area contributed by atoms with Crippen LogP contribution in [0.1, 0.15) is 200 Å². The van der Waals surface area contributed by atoms with E-state index in [1.54, 1.807) is 0 Å². The molecule has 1 fully saturated rings. The van der Waals surface area contributed by atoms with Crippen LogP contribution in [0.15, 0.2) is 36.5 Å². The molecule has 0 spiro atoms. The summed E-state index contributed by atoms with van der Waals surface area (Å²) >= 11 is 0. The zero-order valence-electron chi connectivity index (χ0n) is 34.3. The fourth-order valence-corrected chi connectivity index (χ4v) is 6.77. The summed E-state index contributed by atoms with van der Waals surface area (Å²) in [4.78, 5) is 42.9. The van der Waals surface area contributed by atoms with Gasteiger partial charge in [0.25, 0.3) is 0 Å². The number of hydrogen-bond acceptors (Lipinski definition) is 7. The summed E-state index contributed by atoms with van der Waals surface area (Å²) < 4.78 is 32.1. The smallest absolute Gasteiger partial charge is 0.462 e. The Morgan fingerprint density at radius 3 is 1.57 bits per heavy atom. The number of allylic oxidation sites excluding steroid dienone is 4. The quantitative estimate of drug-likeness (QED) is 0.0205. The van der Waals surface area contributed by atoms with Crippen LogP contribution >= 0.6 is 7.82 Å². The minimum Gasteiger partial charge on any atom is -0.462 e. The first-order valence-electron chi connectivity index (χ1n) is 21.9. The van der Waals surface area contributed by atoms with Gasteiger partial charge in [-0.2, -0.15) is 0 Å². The van der Waals surface area contributed by atoms with E-state index in [9.17, 15) is 14.2 Å². The molecule has 1 aliphatic heterocycles. The van der Waals surface area contributed by atoms with Gasteiger partial charge in [0.05, 0.1) is 18.8 Å². The standard InChI is InChI=1S/C44H79O9P/c1-3-5-7-9-11-12-13-14-15-16-17-18-19-20-21-24-28-32-36-43(45)50-38-40(39-51-54(47,48)49)52-44(46)37-33-29-25-22-23-27-31-35-42-41(53-42)34-30-26-10-8-6-4-2/h22,25-27,30-31,40-42H,3-21,23-24,28-29,32-39H2,1-2H3,(H2,47,48,49)/b25-22-,30-26-,31-27-/t40-,41?,42?/m1/s1. The zero-order chi connectivity index (χ0) is 39.4. The van der Waals surface area contributed by atoms with E-state index in [-0.39, 0.29) is 19.4 Å². The van der Waals surface area contributed by atoms with Gasteiger partial charge in [-0.3, -0.25) is 14.1 Å². The van der Waals surface area contributed by atoms with Crippen LogP contribution in [0.25, 0.3) is 0 Å². The van der Waals surface area contributed by atoms with E-state index in [0.29, 0.717) is 25.0 Å².